The van der Waals surface area contributed by atoms with E-state index in [0.717, 1.165) is 22.6 Å². The van der Waals surface area contributed by atoms with Crippen molar-refractivity contribution in [3.05, 3.63) is 60.2 Å². The van der Waals surface area contributed by atoms with Gasteiger partial charge in [0.05, 0.1) is 11.4 Å². The van der Waals surface area contributed by atoms with E-state index in [9.17, 15) is 4.79 Å². The number of nitrogens with zero attached hydrogens (tertiary/aromatic N) is 3. The molecular weight excluding hydrogens is 322 g/mol. The van der Waals surface area contributed by atoms with Gasteiger partial charge in [-0.3, -0.25) is 14.8 Å². The summed E-state index contributed by atoms with van der Waals surface area (Å²) in [6.07, 6.45) is 0. The molecule has 0 bridgehead atoms. The van der Waals surface area contributed by atoms with Crippen molar-refractivity contribution in [3.63, 3.8) is 0 Å². The number of carbonyl (C=O) groups excluding carboxylic acids is 1. The van der Waals surface area contributed by atoms with Gasteiger partial charge in [-0.25, -0.2) is 5.84 Å². The average molecular weight is 339 g/mol. The SMILES string of the molecule is Cc1ccccc1-n1c(SCC(=O)NN)nnc1-c1ccccc1. The van der Waals surface area contributed by atoms with Gasteiger partial charge in [-0.1, -0.05) is 60.3 Å². The van der Waals surface area contributed by atoms with E-state index in [1.165, 1.54) is 11.8 Å². The molecule has 0 saturated heterocycles. The van der Waals surface area contributed by atoms with Gasteiger partial charge in [-0.2, -0.15) is 0 Å². The molecule has 0 radical (unpaired) electrons. The van der Waals surface area contributed by atoms with E-state index in [2.05, 4.69) is 15.6 Å². The van der Waals surface area contributed by atoms with Gasteiger partial charge >= 0.3 is 0 Å². The van der Waals surface area contributed by atoms with Gasteiger partial charge in [-0.15, -0.1) is 10.2 Å². The third-order valence-electron chi connectivity index (χ3n) is 3.52. The molecule has 0 spiro atoms. The number of nitrogens with two attached hydrogens (primary N) is 1. The van der Waals surface area contributed by atoms with Crippen molar-refractivity contribution in [3.8, 4) is 17.1 Å². The van der Waals surface area contributed by atoms with Crippen molar-refractivity contribution in [2.45, 2.75) is 12.1 Å². The molecule has 24 heavy (non-hydrogen) atoms. The van der Waals surface area contributed by atoms with Crippen LogP contribution in [0, 0.1) is 6.92 Å². The number of rotatable bonds is 5. The molecule has 3 aromatic rings. The Morgan fingerprint density at radius 1 is 1.12 bits per heavy atom. The quantitative estimate of drug-likeness (QED) is 0.322. The molecule has 6 nitrogen and oxygen atoms in total. The van der Waals surface area contributed by atoms with Crippen molar-refractivity contribution in [1.82, 2.24) is 20.2 Å². The van der Waals surface area contributed by atoms with E-state index in [-0.39, 0.29) is 11.7 Å². The molecule has 7 heteroatoms. The second-order valence-electron chi connectivity index (χ2n) is 5.15. The number of nitrogens with one attached hydrogen (secondary N) is 1. The highest BCUT2D eigenvalue weighted by atomic mass is 32.2. The van der Waals surface area contributed by atoms with Crippen LogP contribution in [0.3, 0.4) is 0 Å². The molecule has 3 rings (SSSR count). The average Bonchev–Trinajstić information content (AvgIpc) is 3.04. The van der Waals surface area contributed by atoms with Gasteiger partial charge < -0.3 is 0 Å². The van der Waals surface area contributed by atoms with Gasteiger partial charge in [0.1, 0.15) is 0 Å². The van der Waals surface area contributed by atoms with Crippen molar-refractivity contribution < 1.29 is 4.79 Å². The summed E-state index contributed by atoms with van der Waals surface area (Å²) in [5.74, 6) is 5.80. The number of hydrogen-bond acceptors (Lipinski definition) is 5. The number of benzene rings is 2. The van der Waals surface area contributed by atoms with Crippen LogP contribution < -0.4 is 11.3 Å². The van der Waals surface area contributed by atoms with Crippen LogP contribution in [0.4, 0.5) is 0 Å². The normalized spacial score (nSPS) is 10.6. The number of aryl methyl sites for hydroxylation is 1. The standard InChI is InChI=1S/C17H17N5OS/c1-12-7-5-6-10-14(12)22-16(13-8-3-2-4-9-13)20-21-17(22)24-11-15(23)19-18/h2-10H,11,18H2,1H3,(H,19,23). The fourth-order valence-corrected chi connectivity index (χ4v) is 3.10. The van der Waals surface area contributed by atoms with Gasteiger partial charge in [0.25, 0.3) is 0 Å². The first-order chi connectivity index (χ1) is 11.7. The molecule has 0 aliphatic carbocycles. The van der Waals surface area contributed by atoms with Crippen LogP contribution in [0.1, 0.15) is 5.56 Å². The summed E-state index contributed by atoms with van der Waals surface area (Å²) in [6, 6.07) is 17.8. The van der Waals surface area contributed by atoms with Gasteiger partial charge in [0.15, 0.2) is 11.0 Å². The third-order valence-corrected chi connectivity index (χ3v) is 4.44. The Hall–Kier alpha value is -2.64. The molecule has 0 saturated carbocycles. The molecule has 2 aromatic carbocycles. The van der Waals surface area contributed by atoms with E-state index in [1.807, 2.05) is 66.1 Å². The Kier molecular flexibility index (Phi) is 4.93. The zero-order valence-corrected chi connectivity index (χ0v) is 14.0. The number of thioether (sulfide) groups is 1. The van der Waals surface area contributed by atoms with Crippen LogP contribution >= 0.6 is 11.8 Å². The van der Waals surface area contributed by atoms with Gasteiger partial charge in [0.2, 0.25) is 5.91 Å². The van der Waals surface area contributed by atoms with E-state index >= 15 is 0 Å². The number of amides is 1. The summed E-state index contributed by atoms with van der Waals surface area (Å²) >= 11 is 1.30. The Labute approximate surface area is 144 Å². The second kappa shape index (κ2) is 7.29. The molecule has 0 atom stereocenters. The highest BCUT2D eigenvalue weighted by molar-refractivity contribution is 7.99. The first-order valence-electron chi connectivity index (χ1n) is 7.40. The number of aromatic nitrogens is 3. The monoisotopic (exact) mass is 339 g/mol. The number of para-hydroxylation sites is 1. The maximum Gasteiger partial charge on any atom is 0.244 e. The summed E-state index contributed by atoms with van der Waals surface area (Å²) in [4.78, 5) is 11.5. The molecule has 1 amide bonds. The van der Waals surface area contributed by atoms with Crippen LogP contribution in [0.2, 0.25) is 0 Å². The van der Waals surface area contributed by atoms with Crippen molar-refractivity contribution in [2.75, 3.05) is 5.75 Å². The van der Waals surface area contributed by atoms with E-state index in [0.29, 0.717) is 5.16 Å². The van der Waals surface area contributed by atoms with Crippen LogP contribution in [0.25, 0.3) is 17.1 Å². The Morgan fingerprint density at radius 3 is 2.54 bits per heavy atom. The maximum absolute atomic E-state index is 11.5. The second-order valence-corrected chi connectivity index (χ2v) is 6.09. The molecule has 0 unspecified atom stereocenters. The minimum Gasteiger partial charge on any atom is -0.294 e. The molecule has 3 N–H and O–H groups in total. The molecule has 0 aliphatic rings. The lowest BCUT2D eigenvalue weighted by molar-refractivity contribution is -0.118. The van der Waals surface area contributed by atoms with Crippen molar-refractivity contribution >= 4 is 17.7 Å². The Morgan fingerprint density at radius 2 is 1.83 bits per heavy atom. The van der Waals surface area contributed by atoms with Crippen LogP contribution in [-0.2, 0) is 4.79 Å². The van der Waals surface area contributed by atoms with Gasteiger partial charge in [-0.05, 0) is 18.6 Å². The summed E-state index contributed by atoms with van der Waals surface area (Å²) in [7, 11) is 0. The van der Waals surface area contributed by atoms with E-state index in [1.54, 1.807) is 0 Å². The van der Waals surface area contributed by atoms with E-state index in [4.69, 9.17) is 5.84 Å². The Bertz CT molecular complexity index is 847. The first-order valence-corrected chi connectivity index (χ1v) is 8.38. The van der Waals surface area contributed by atoms with Crippen LogP contribution in [0.5, 0.6) is 0 Å². The maximum atomic E-state index is 11.5. The fourth-order valence-electron chi connectivity index (χ4n) is 2.34. The molecule has 0 fully saturated rings. The largest absolute Gasteiger partial charge is 0.294 e. The molecule has 0 aliphatic heterocycles. The lowest BCUT2D eigenvalue weighted by Gasteiger charge is -2.12. The van der Waals surface area contributed by atoms with Crippen molar-refractivity contribution in [2.24, 2.45) is 5.84 Å². The predicted octanol–water partition coefficient (Wildman–Crippen LogP) is 2.32. The van der Waals surface area contributed by atoms with Crippen LogP contribution in [-0.4, -0.2) is 26.4 Å². The summed E-state index contributed by atoms with van der Waals surface area (Å²) in [5, 5.41) is 9.25. The summed E-state index contributed by atoms with van der Waals surface area (Å²) in [6.45, 7) is 2.03. The lowest BCUT2D eigenvalue weighted by atomic mass is 10.1. The zero-order chi connectivity index (χ0) is 16.9. The molecule has 1 heterocycles. The molecule has 122 valence electrons. The molecular formula is C17H17N5OS. The lowest BCUT2D eigenvalue weighted by Crippen LogP contribution is -2.31. The zero-order valence-electron chi connectivity index (χ0n) is 13.1. The first kappa shape index (κ1) is 16.2. The number of hydrazine groups is 1. The summed E-state index contributed by atoms with van der Waals surface area (Å²) < 4.78 is 1.97. The fraction of sp³-hybridized carbons (Fsp3) is 0.118. The third kappa shape index (κ3) is 3.32. The highest BCUT2D eigenvalue weighted by Gasteiger charge is 2.17. The predicted molar refractivity (Wildman–Crippen MR) is 94.6 cm³/mol. The Balaban J connectivity index is 2.09. The van der Waals surface area contributed by atoms with E-state index < -0.39 is 0 Å². The number of carbonyl (C=O) groups is 1. The minimum absolute atomic E-state index is 0.176. The highest BCUT2D eigenvalue weighted by Crippen LogP contribution is 2.29. The smallest absolute Gasteiger partial charge is 0.244 e. The minimum atomic E-state index is -0.263. The van der Waals surface area contributed by atoms with Crippen LogP contribution in [0.15, 0.2) is 59.8 Å². The topological polar surface area (TPSA) is 85.8 Å². The number of hydrogen-bond donors (Lipinski definition) is 2. The summed E-state index contributed by atoms with van der Waals surface area (Å²) in [5.41, 5.74) is 5.17. The van der Waals surface area contributed by atoms with Gasteiger partial charge in [0, 0.05) is 5.56 Å². The molecule has 1 aromatic heterocycles. The van der Waals surface area contributed by atoms with Crippen molar-refractivity contribution in [1.29, 1.82) is 0 Å².